The molecule has 1 atom stereocenters. The van der Waals surface area contributed by atoms with E-state index in [0.717, 1.165) is 29.9 Å². The van der Waals surface area contributed by atoms with Gasteiger partial charge in [-0.05, 0) is 47.3 Å². The molecule has 2 rings (SSSR count). The van der Waals surface area contributed by atoms with Crippen LogP contribution in [0, 0.1) is 6.92 Å². The summed E-state index contributed by atoms with van der Waals surface area (Å²) in [4.78, 5) is 4.29. The Kier molecular flexibility index (Phi) is 3.59. The number of anilines is 1. The van der Waals surface area contributed by atoms with E-state index in [-0.39, 0.29) is 0 Å². The largest absolute Gasteiger partial charge is 0.376 e. The van der Waals surface area contributed by atoms with Crippen molar-refractivity contribution in [1.82, 2.24) is 4.98 Å². The van der Waals surface area contributed by atoms with Gasteiger partial charge in [0.25, 0.3) is 0 Å². The quantitative estimate of drug-likeness (QED) is 0.917. The Morgan fingerprint density at radius 3 is 3.20 bits per heavy atom. The number of rotatable bonds is 3. The normalized spacial score (nSPS) is 20.5. The lowest BCUT2D eigenvalue weighted by atomic mass is 10.2. The van der Waals surface area contributed by atoms with E-state index >= 15 is 0 Å². The fourth-order valence-electron chi connectivity index (χ4n) is 1.66. The van der Waals surface area contributed by atoms with E-state index in [4.69, 9.17) is 4.74 Å². The predicted molar refractivity (Wildman–Crippen MR) is 64.1 cm³/mol. The molecule has 0 aliphatic carbocycles. The lowest BCUT2D eigenvalue weighted by Crippen LogP contribution is -2.18. The molecule has 1 aromatic rings. The Morgan fingerprint density at radius 1 is 1.67 bits per heavy atom. The van der Waals surface area contributed by atoms with Crippen molar-refractivity contribution < 1.29 is 4.74 Å². The average Bonchev–Trinajstić information content (AvgIpc) is 2.73. The van der Waals surface area contributed by atoms with Crippen molar-refractivity contribution in [1.29, 1.82) is 0 Å². The van der Waals surface area contributed by atoms with Gasteiger partial charge in [-0.25, -0.2) is 4.98 Å². The van der Waals surface area contributed by atoms with Gasteiger partial charge < -0.3 is 10.1 Å². The molecule has 1 saturated heterocycles. The number of halogens is 1. The first-order valence-corrected chi connectivity index (χ1v) is 6.02. The van der Waals surface area contributed by atoms with Gasteiger partial charge in [0, 0.05) is 23.8 Å². The molecule has 0 aromatic carbocycles. The number of hydrogen-bond donors (Lipinski definition) is 1. The van der Waals surface area contributed by atoms with Gasteiger partial charge in [0.2, 0.25) is 0 Å². The molecule has 0 saturated carbocycles. The number of pyridine rings is 1. The Labute approximate surface area is 98.4 Å². The molecular formula is C11H15BrN2O. The third-order valence-electron chi connectivity index (χ3n) is 2.58. The number of nitrogens with one attached hydrogen (secondary N) is 1. The van der Waals surface area contributed by atoms with E-state index < -0.39 is 0 Å². The molecule has 0 radical (unpaired) electrons. The molecule has 4 heteroatoms. The van der Waals surface area contributed by atoms with E-state index in [2.05, 4.69) is 33.2 Å². The second kappa shape index (κ2) is 4.94. The highest BCUT2D eigenvalue weighted by atomic mass is 79.9. The maximum atomic E-state index is 5.53. The van der Waals surface area contributed by atoms with Crippen LogP contribution in [-0.2, 0) is 4.74 Å². The summed E-state index contributed by atoms with van der Waals surface area (Å²) in [5, 5.41) is 3.30. The van der Waals surface area contributed by atoms with Crippen LogP contribution in [0.15, 0.2) is 16.7 Å². The first-order chi connectivity index (χ1) is 7.25. The van der Waals surface area contributed by atoms with Crippen LogP contribution in [0.25, 0.3) is 0 Å². The van der Waals surface area contributed by atoms with E-state index in [1.54, 1.807) is 0 Å². The standard InChI is InChI=1S/C11H15BrN2O/c1-8-5-11(14-7-10(8)12)13-6-9-3-2-4-15-9/h5,7,9H,2-4,6H2,1H3,(H,13,14). The molecule has 1 aliphatic heterocycles. The third kappa shape index (κ3) is 2.92. The van der Waals surface area contributed by atoms with Crippen LogP contribution >= 0.6 is 15.9 Å². The number of ether oxygens (including phenoxy) is 1. The van der Waals surface area contributed by atoms with Gasteiger partial charge in [0.1, 0.15) is 5.82 Å². The maximum absolute atomic E-state index is 5.53. The van der Waals surface area contributed by atoms with Crippen molar-refractivity contribution in [2.45, 2.75) is 25.9 Å². The molecule has 0 spiro atoms. The minimum Gasteiger partial charge on any atom is -0.376 e. The Hall–Kier alpha value is -0.610. The molecule has 1 N–H and O–H groups in total. The van der Waals surface area contributed by atoms with Crippen molar-refractivity contribution in [2.75, 3.05) is 18.5 Å². The van der Waals surface area contributed by atoms with Crippen molar-refractivity contribution >= 4 is 21.7 Å². The van der Waals surface area contributed by atoms with Gasteiger partial charge in [-0.1, -0.05) is 0 Å². The summed E-state index contributed by atoms with van der Waals surface area (Å²) in [6.45, 7) is 3.82. The summed E-state index contributed by atoms with van der Waals surface area (Å²) >= 11 is 3.43. The zero-order chi connectivity index (χ0) is 10.7. The number of aryl methyl sites for hydroxylation is 1. The van der Waals surface area contributed by atoms with E-state index in [0.29, 0.717) is 6.10 Å². The number of nitrogens with zero attached hydrogens (tertiary/aromatic N) is 1. The molecular weight excluding hydrogens is 256 g/mol. The molecule has 1 aromatic heterocycles. The van der Waals surface area contributed by atoms with Gasteiger partial charge in [-0.3, -0.25) is 0 Å². The first kappa shape index (κ1) is 10.9. The van der Waals surface area contributed by atoms with Crippen molar-refractivity contribution in [3.05, 3.63) is 22.3 Å². The second-order valence-corrected chi connectivity index (χ2v) is 4.69. The molecule has 1 unspecified atom stereocenters. The second-order valence-electron chi connectivity index (χ2n) is 3.83. The first-order valence-electron chi connectivity index (χ1n) is 5.23. The number of aromatic nitrogens is 1. The zero-order valence-electron chi connectivity index (χ0n) is 8.79. The summed E-state index contributed by atoms with van der Waals surface area (Å²) in [6.07, 6.45) is 4.52. The molecule has 0 bridgehead atoms. The van der Waals surface area contributed by atoms with E-state index in [1.807, 2.05) is 12.3 Å². The molecule has 82 valence electrons. The number of hydrogen-bond acceptors (Lipinski definition) is 3. The molecule has 0 amide bonds. The molecule has 3 nitrogen and oxygen atoms in total. The van der Waals surface area contributed by atoms with Gasteiger partial charge in [-0.15, -0.1) is 0 Å². The highest BCUT2D eigenvalue weighted by Gasteiger charge is 2.14. The lowest BCUT2D eigenvalue weighted by Gasteiger charge is -2.11. The minimum atomic E-state index is 0.357. The summed E-state index contributed by atoms with van der Waals surface area (Å²) in [5.74, 6) is 0.922. The van der Waals surface area contributed by atoms with Crippen LogP contribution in [-0.4, -0.2) is 24.2 Å². The Bertz CT molecular complexity index is 337. The van der Waals surface area contributed by atoms with Crippen molar-refractivity contribution in [2.24, 2.45) is 0 Å². The topological polar surface area (TPSA) is 34.1 Å². The van der Waals surface area contributed by atoms with Gasteiger partial charge in [0.05, 0.1) is 6.10 Å². The Morgan fingerprint density at radius 2 is 2.53 bits per heavy atom. The lowest BCUT2D eigenvalue weighted by molar-refractivity contribution is 0.120. The Balaban J connectivity index is 1.90. The van der Waals surface area contributed by atoms with Crippen LogP contribution in [0.4, 0.5) is 5.82 Å². The van der Waals surface area contributed by atoms with Crippen LogP contribution in [0.3, 0.4) is 0 Å². The van der Waals surface area contributed by atoms with Crippen molar-refractivity contribution in [3.63, 3.8) is 0 Å². The van der Waals surface area contributed by atoms with Crippen LogP contribution in [0.1, 0.15) is 18.4 Å². The summed E-state index contributed by atoms with van der Waals surface area (Å²) in [6, 6.07) is 2.04. The van der Waals surface area contributed by atoms with Crippen LogP contribution < -0.4 is 5.32 Å². The van der Waals surface area contributed by atoms with E-state index in [9.17, 15) is 0 Å². The molecule has 15 heavy (non-hydrogen) atoms. The van der Waals surface area contributed by atoms with Gasteiger partial charge in [-0.2, -0.15) is 0 Å². The average molecular weight is 271 g/mol. The van der Waals surface area contributed by atoms with Gasteiger partial charge >= 0.3 is 0 Å². The molecule has 1 fully saturated rings. The summed E-state index contributed by atoms with van der Waals surface area (Å²) in [5.41, 5.74) is 1.19. The SMILES string of the molecule is Cc1cc(NCC2CCCO2)ncc1Br. The fraction of sp³-hybridized carbons (Fsp3) is 0.545. The highest BCUT2D eigenvalue weighted by molar-refractivity contribution is 9.10. The van der Waals surface area contributed by atoms with Crippen molar-refractivity contribution in [3.8, 4) is 0 Å². The summed E-state index contributed by atoms with van der Waals surface area (Å²) in [7, 11) is 0. The predicted octanol–water partition coefficient (Wildman–Crippen LogP) is 2.74. The van der Waals surface area contributed by atoms with Gasteiger partial charge in [0.15, 0.2) is 0 Å². The molecule has 2 heterocycles. The van der Waals surface area contributed by atoms with Crippen LogP contribution in [0.2, 0.25) is 0 Å². The monoisotopic (exact) mass is 270 g/mol. The smallest absolute Gasteiger partial charge is 0.126 e. The fourth-order valence-corrected chi connectivity index (χ4v) is 1.88. The van der Waals surface area contributed by atoms with E-state index in [1.165, 1.54) is 12.0 Å². The zero-order valence-corrected chi connectivity index (χ0v) is 10.4. The third-order valence-corrected chi connectivity index (χ3v) is 3.41. The summed E-state index contributed by atoms with van der Waals surface area (Å²) < 4.78 is 6.58. The maximum Gasteiger partial charge on any atom is 0.126 e. The van der Waals surface area contributed by atoms with Crippen LogP contribution in [0.5, 0.6) is 0 Å². The molecule has 1 aliphatic rings. The highest BCUT2D eigenvalue weighted by Crippen LogP contribution is 2.18. The minimum absolute atomic E-state index is 0.357.